The molecule has 0 saturated carbocycles. The van der Waals surface area contributed by atoms with Crippen molar-refractivity contribution in [2.45, 2.75) is 46.7 Å². The lowest BCUT2D eigenvalue weighted by Crippen LogP contribution is -2.32. The Bertz CT molecular complexity index is 323. The third-order valence-electron chi connectivity index (χ3n) is 2.84. The average molecular weight is 235 g/mol. The number of pyridine rings is 1. The summed E-state index contributed by atoms with van der Waals surface area (Å²) >= 11 is 0. The van der Waals surface area contributed by atoms with E-state index in [2.05, 4.69) is 49.0 Å². The maximum Gasteiger partial charge on any atom is 0.0445 e. The van der Waals surface area contributed by atoms with Crippen molar-refractivity contribution in [2.75, 3.05) is 18.0 Å². The van der Waals surface area contributed by atoms with E-state index in [-0.39, 0.29) is 0 Å². The van der Waals surface area contributed by atoms with Gasteiger partial charge in [-0.15, -0.1) is 0 Å². The van der Waals surface area contributed by atoms with E-state index in [4.69, 9.17) is 0 Å². The van der Waals surface area contributed by atoms with E-state index in [0.717, 1.165) is 19.6 Å². The van der Waals surface area contributed by atoms with E-state index in [9.17, 15) is 0 Å². The van der Waals surface area contributed by atoms with Crippen LogP contribution in [-0.4, -0.2) is 24.1 Å². The molecule has 0 fully saturated rings. The second-order valence-electron chi connectivity index (χ2n) is 4.57. The number of hydrogen-bond acceptors (Lipinski definition) is 3. The Balaban J connectivity index is 2.92. The van der Waals surface area contributed by atoms with Gasteiger partial charge < -0.3 is 10.2 Å². The predicted molar refractivity (Wildman–Crippen MR) is 74.4 cm³/mol. The predicted octanol–water partition coefficient (Wildman–Crippen LogP) is 2.82. The first-order valence-corrected chi connectivity index (χ1v) is 6.60. The molecule has 1 heterocycles. The second kappa shape index (κ2) is 7.28. The van der Waals surface area contributed by atoms with Gasteiger partial charge in [-0.3, -0.25) is 4.98 Å². The Labute approximate surface area is 105 Å². The molecule has 0 amide bonds. The zero-order valence-corrected chi connectivity index (χ0v) is 11.5. The van der Waals surface area contributed by atoms with Gasteiger partial charge in [0.25, 0.3) is 0 Å². The molecule has 0 saturated heterocycles. The molecule has 0 aromatic carbocycles. The van der Waals surface area contributed by atoms with Crippen molar-refractivity contribution in [3.05, 3.63) is 24.0 Å². The van der Waals surface area contributed by atoms with Crippen LogP contribution in [-0.2, 0) is 6.54 Å². The minimum Gasteiger partial charge on any atom is -0.369 e. The van der Waals surface area contributed by atoms with Gasteiger partial charge in [-0.2, -0.15) is 0 Å². The molecule has 0 bridgehead atoms. The van der Waals surface area contributed by atoms with E-state index in [1.165, 1.54) is 17.7 Å². The van der Waals surface area contributed by atoms with Gasteiger partial charge in [-0.05, 0) is 32.9 Å². The molecule has 3 nitrogen and oxygen atoms in total. The smallest absolute Gasteiger partial charge is 0.0445 e. The van der Waals surface area contributed by atoms with Crippen molar-refractivity contribution in [2.24, 2.45) is 0 Å². The first-order chi connectivity index (χ1) is 8.20. The largest absolute Gasteiger partial charge is 0.369 e. The van der Waals surface area contributed by atoms with Crippen molar-refractivity contribution in [1.29, 1.82) is 0 Å². The monoisotopic (exact) mass is 235 g/mol. The highest BCUT2D eigenvalue weighted by Crippen LogP contribution is 2.21. The van der Waals surface area contributed by atoms with Crippen LogP contribution in [0.1, 0.15) is 39.7 Å². The number of rotatable bonds is 7. The van der Waals surface area contributed by atoms with Crippen LogP contribution in [0, 0.1) is 0 Å². The summed E-state index contributed by atoms with van der Waals surface area (Å²) in [5, 5.41) is 3.37. The lowest BCUT2D eigenvalue weighted by molar-refractivity contribution is 0.658. The fourth-order valence-corrected chi connectivity index (χ4v) is 1.99. The van der Waals surface area contributed by atoms with Crippen LogP contribution in [0.2, 0.25) is 0 Å². The lowest BCUT2D eigenvalue weighted by Gasteiger charge is -2.30. The van der Waals surface area contributed by atoms with Crippen LogP contribution >= 0.6 is 0 Å². The molecular weight excluding hydrogens is 210 g/mol. The number of anilines is 1. The summed E-state index contributed by atoms with van der Waals surface area (Å²) in [4.78, 5) is 6.69. The molecule has 1 aromatic rings. The summed E-state index contributed by atoms with van der Waals surface area (Å²) in [5.41, 5.74) is 2.61. The first-order valence-electron chi connectivity index (χ1n) is 6.60. The molecule has 0 aliphatic heterocycles. The summed E-state index contributed by atoms with van der Waals surface area (Å²) in [6.45, 7) is 11.8. The Morgan fingerprint density at radius 1 is 1.35 bits per heavy atom. The third-order valence-corrected chi connectivity index (χ3v) is 2.84. The third kappa shape index (κ3) is 4.00. The second-order valence-corrected chi connectivity index (χ2v) is 4.57. The molecule has 0 spiro atoms. The molecule has 3 heteroatoms. The maximum atomic E-state index is 4.23. The Kier molecular flexibility index (Phi) is 5.98. The number of nitrogens with zero attached hydrogens (tertiary/aromatic N) is 2. The molecule has 17 heavy (non-hydrogen) atoms. The van der Waals surface area contributed by atoms with Gasteiger partial charge in [0.05, 0.1) is 0 Å². The quantitative estimate of drug-likeness (QED) is 0.787. The van der Waals surface area contributed by atoms with Crippen LogP contribution in [0.4, 0.5) is 5.69 Å². The summed E-state index contributed by atoms with van der Waals surface area (Å²) in [6, 6.07) is 2.65. The average Bonchev–Trinajstić information content (AvgIpc) is 2.33. The van der Waals surface area contributed by atoms with E-state index in [1.807, 2.05) is 12.4 Å². The number of nitrogens with one attached hydrogen (secondary N) is 1. The molecular formula is C14H25N3. The molecule has 96 valence electrons. The Morgan fingerprint density at radius 3 is 2.71 bits per heavy atom. The van der Waals surface area contributed by atoms with Gasteiger partial charge in [0.2, 0.25) is 0 Å². The fraction of sp³-hybridized carbons (Fsp3) is 0.643. The van der Waals surface area contributed by atoms with Crippen molar-refractivity contribution in [3.8, 4) is 0 Å². The molecule has 1 N–H and O–H groups in total. The van der Waals surface area contributed by atoms with E-state index < -0.39 is 0 Å². The van der Waals surface area contributed by atoms with Crippen molar-refractivity contribution in [1.82, 2.24) is 10.3 Å². The van der Waals surface area contributed by atoms with Gasteiger partial charge >= 0.3 is 0 Å². The van der Waals surface area contributed by atoms with Crippen LogP contribution < -0.4 is 10.2 Å². The molecule has 0 unspecified atom stereocenters. The normalized spacial score (nSPS) is 10.9. The molecule has 1 aromatic heterocycles. The van der Waals surface area contributed by atoms with Crippen molar-refractivity contribution in [3.63, 3.8) is 0 Å². The van der Waals surface area contributed by atoms with Crippen LogP contribution in [0.3, 0.4) is 0 Å². The molecule has 0 aliphatic rings. The maximum absolute atomic E-state index is 4.23. The highest BCUT2D eigenvalue weighted by molar-refractivity contribution is 5.52. The summed E-state index contributed by atoms with van der Waals surface area (Å²) < 4.78 is 0. The van der Waals surface area contributed by atoms with Crippen LogP contribution in [0.25, 0.3) is 0 Å². The Morgan fingerprint density at radius 2 is 2.12 bits per heavy atom. The van der Waals surface area contributed by atoms with Gasteiger partial charge in [0, 0.05) is 42.8 Å². The summed E-state index contributed by atoms with van der Waals surface area (Å²) in [5.74, 6) is 0. The van der Waals surface area contributed by atoms with Gasteiger partial charge in [0.15, 0.2) is 0 Å². The minimum absolute atomic E-state index is 0.526. The zero-order chi connectivity index (χ0) is 12.7. The molecule has 0 aliphatic carbocycles. The lowest BCUT2D eigenvalue weighted by atomic mass is 10.1. The molecule has 0 radical (unpaired) electrons. The first kappa shape index (κ1) is 14.0. The topological polar surface area (TPSA) is 28.2 Å². The Hall–Kier alpha value is -1.09. The van der Waals surface area contributed by atoms with Gasteiger partial charge in [-0.1, -0.05) is 13.8 Å². The molecule has 0 atom stereocenters. The zero-order valence-electron chi connectivity index (χ0n) is 11.5. The van der Waals surface area contributed by atoms with E-state index >= 15 is 0 Å². The minimum atomic E-state index is 0.526. The van der Waals surface area contributed by atoms with Crippen LogP contribution in [0.15, 0.2) is 18.5 Å². The van der Waals surface area contributed by atoms with Gasteiger partial charge in [-0.25, -0.2) is 0 Å². The summed E-state index contributed by atoms with van der Waals surface area (Å²) in [6.07, 6.45) is 5.03. The number of aromatic nitrogens is 1. The number of hydrogen-bond donors (Lipinski definition) is 1. The van der Waals surface area contributed by atoms with Crippen molar-refractivity contribution < 1.29 is 0 Å². The summed E-state index contributed by atoms with van der Waals surface area (Å²) in [7, 11) is 0. The van der Waals surface area contributed by atoms with Crippen LogP contribution in [0.5, 0.6) is 0 Å². The van der Waals surface area contributed by atoms with E-state index in [0.29, 0.717) is 6.04 Å². The SMILES string of the molecule is CCCN(c1ccncc1CNCC)C(C)C. The highest BCUT2D eigenvalue weighted by Gasteiger charge is 2.13. The highest BCUT2D eigenvalue weighted by atomic mass is 15.2. The van der Waals surface area contributed by atoms with Crippen molar-refractivity contribution >= 4 is 5.69 Å². The fourth-order valence-electron chi connectivity index (χ4n) is 1.99. The van der Waals surface area contributed by atoms with Gasteiger partial charge in [0.1, 0.15) is 0 Å². The standard InChI is InChI=1S/C14H25N3/c1-5-9-17(12(3)4)14-7-8-16-11-13(14)10-15-6-2/h7-8,11-12,15H,5-6,9-10H2,1-4H3. The van der Waals surface area contributed by atoms with E-state index in [1.54, 1.807) is 0 Å². The molecule has 1 rings (SSSR count).